The first kappa shape index (κ1) is 13.6. The molecule has 5 heteroatoms. The Bertz CT molecular complexity index is 414. The molecule has 0 atom stereocenters. The van der Waals surface area contributed by atoms with Crippen molar-refractivity contribution in [2.75, 3.05) is 23.4 Å². The van der Waals surface area contributed by atoms with Gasteiger partial charge in [0.2, 0.25) is 5.91 Å². The molecule has 0 heterocycles. The lowest BCUT2D eigenvalue weighted by Gasteiger charge is -2.06. The normalized spacial score (nSPS) is 9.65. The molecule has 3 N–H and O–H groups in total. The molecule has 90 valence electrons. The van der Waals surface area contributed by atoms with Crippen LogP contribution in [0, 0.1) is 11.3 Å². The Labute approximate surface area is 105 Å². The summed E-state index contributed by atoms with van der Waals surface area (Å²) in [6, 6.07) is 9.01. The number of rotatable bonds is 6. The highest BCUT2D eigenvalue weighted by Gasteiger charge is 2.05. The van der Waals surface area contributed by atoms with Gasteiger partial charge in [-0.15, -0.1) is 0 Å². The van der Waals surface area contributed by atoms with E-state index in [-0.39, 0.29) is 5.91 Å². The molecule has 0 spiro atoms. The first-order valence-corrected chi connectivity index (χ1v) is 6.50. The Balaban J connectivity index is 2.43. The molecule has 0 unspecified atom stereocenters. The molecule has 17 heavy (non-hydrogen) atoms. The van der Waals surface area contributed by atoms with Crippen LogP contribution in [0.1, 0.15) is 12.0 Å². The van der Waals surface area contributed by atoms with Crippen LogP contribution in [-0.2, 0) is 4.79 Å². The molecule has 1 aromatic carbocycles. The van der Waals surface area contributed by atoms with Crippen LogP contribution >= 0.6 is 11.8 Å². The van der Waals surface area contributed by atoms with E-state index in [0.29, 0.717) is 24.2 Å². The summed E-state index contributed by atoms with van der Waals surface area (Å²) in [6.45, 7) is 0.629. The summed E-state index contributed by atoms with van der Waals surface area (Å²) in [4.78, 5) is 11.6. The first-order valence-electron chi connectivity index (χ1n) is 5.34. The SMILES string of the molecule is N#Cc1ccccc1NC(=O)CCSCCN. The molecule has 0 aromatic heterocycles. The smallest absolute Gasteiger partial charge is 0.225 e. The Morgan fingerprint density at radius 3 is 2.88 bits per heavy atom. The van der Waals surface area contributed by atoms with Crippen LogP contribution in [0.15, 0.2) is 24.3 Å². The van der Waals surface area contributed by atoms with Gasteiger partial charge in [-0.2, -0.15) is 17.0 Å². The molecule has 4 nitrogen and oxygen atoms in total. The van der Waals surface area contributed by atoms with E-state index in [1.165, 1.54) is 0 Å². The van der Waals surface area contributed by atoms with E-state index in [9.17, 15) is 4.79 Å². The van der Waals surface area contributed by atoms with Gasteiger partial charge in [-0.05, 0) is 12.1 Å². The molecule has 0 radical (unpaired) electrons. The zero-order valence-corrected chi connectivity index (χ0v) is 10.3. The van der Waals surface area contributed by atoms with Crippen molar-refractivity contribution >= 4 is 23.4 Å². The minimum absolute atomic E-state index is 0.0720. The zero-order chi connectivity index (χ0) is 12.5. The number of amides is 1. The average Bonchev–Trinajstić information content (AvgIpc) is 2.35. The van der Waals surface area contributed by atoms with Gasteiger partial charge in [-0.3, -0.25) is 4.79 Å². The predicted molar refractivity (Wildman–Crippen MR) is 70.8 cm³/mol. The number of nitrogens with two attached hydrogens (primary N) is 1. The maximum Gasteiger partial charge on any atom is 0.225 e. The molecule has 0 saturated heterocycles. The first-order chi connectivity index (χ1) is 8.27. The number of carbonyl (C=O) groups excluding carboxylic acids is 1. The highest BCUT2D eigenvalue weighted by molar-refractivity contribution is 7.99. The van der Waals surface area contributed by atoms with E-state index >= 15 is 0 Å². The fourth-order valence-corrected chi connectivity index (χ4v) is 1.95. The van der Waals surface area contributed by atoms with Gasteiger partial charge in [0, 0.05) is 24.5 Å². The number of hydrogen-bond donors (Lipinski definition) is 2. The average molecular weight is 249 g/mol. The summed E-state index contributed by atoms with van der Waals surface area (Å²) < 4.78 is 0. The zero-order valence-electron chi connectivity index (χ0n) is 9.48. The number of anilines is 1. The second-order valence-electron chi connectivity index (χ2n) is 3.36. The summed E-state index contributed by atoms with van der Waals surface area (Å²) in [5.41, 5.74) is 6.40. The van der Waals surface area contributed by atoms with Crippen molar-refractivity contribution in [1.29, 1.82) is 5.26 Å². The van der Waals surface area contributed by atoms with Crippen LogP contribution in [0.2, 0.25) is 0 Å². The quantitative estimate of drug-likeness (QED) is 0.750. The van der Waals surface area contributed by atoms with E-state index in [2.05, 4.69) is 5.32 Å². The van der Waals surface area contributed by atoms with Crippen molar-refractivity contribution in [1.82, 2.24) is 0 Å². The number of thioether (sulfide) groups is 1. The lowest BCUT2D eigenvalue weighted by molar-refractivity contribution is -0.115. The summed E-state index contributed by atoms with van der Waals surface area (Å²) in [7, 11) is 0. The topological polar surface area (TPSA) is 78.9 Å². The number of nitrogens with zero attached hydrogens (tertiary/aromatic N) is 1. The number of carbonyl (C=O) groups is 1. The minimum atomic E-state index is -0.0720. The van der Waals surface area contributed by atoms with Crippen LogP contribution in [0.25, 0.3) is 0 Å². The standard InChI is InChI=1S/C12H15N3OS/c13-6-8-17-7-5-12(16)15-11-4-2-1-3-10(11)9-14/h1-4H,5-8,13H2,(H,15,16). The molecule has 0 bridgehead atoms. The maximum atomic E-state index is 11.6. The van der Waals surface area contributed by atoms with E-state index < -0.39 is 0 Å². The lowest BCUT2D eigenvalue weighted by atomic mass is 10.2. The minimum Gasteiger partial charge on any atom is -0.330 e. The number of hydrogen-bond acceptors (Lipinski definition) is 4. The molecular formula is C12H15N3OS. The number of nitriles is 1. The van der Waals surface area contributed by atoms with E-state index in [0.717, 1.165) is 11.5 Å². The van der Waals surface area contributed by atoms with Crippen molar-refractivity contribution in [2.24, 2.45) is 5.73 Å². The van der Waals surface area contributed by atoms with Crippen LogP contribution in [0.3, 0.4) is 0 Å². The molecule has 0 fully saturated rings. The molecule has 1 rings (SSSR count). The third-order valence-electron chi connectivity index (χ3n) is 2.06. The lowest BCUT2D eigenvalue weighted by Crippen LogP contribution is -2.13. The van der Waals surface area contributed by atoms with Gasteiger partial charge >= 0.3 is 0 Å². The van der Waals surface area contributed by atoms with E-state index in [4.69, 9.17) is 11.0 Å². The molecular weight excluding hydrogens is 234 g/mol. The Hall–Kier alpha value is -1.51. The third-order valence-corrected chi connectivity index (χ3v) is 3.07. The highest BCUT2D eigenvalue weighted by Crippen LogP contribution is 2.14. The molecule has 1 aromatic rings. The van der Waals surface area contributed by atoms with E-state index in [1.807, 2.05) is 6.07 Å². The van der Waals surface area contributed by atoms with Crippen LogP contribution in [-0.4, -0.2) is 24.0 Å². The van der Waals surface area contributed by atoms with Crippen LogP contribution in [0.5, 0.6) is 0 Å². The Kier molecular flexibility index (Phi) is 6.15. The third kappa shape index (κ3) is 4.89. The van der Waals surface area contributed by atoms with Gasteiger partial charge in [0.15, 0.2) is 0 Å². The van der Waals surface area contributed by atoms with Crippen molar-refractivity contribution in [3.63, 3.8) is 0 Å². The van der Waals surface area contributed by atoms with Gasteiger partial charge in [0.25, 0.3) is 0 Å². The molecule has 1 amide bonds. The fourth-order valence-electron chi connectivity index (χ4n) is 1.25. The van der Waals surface area contributed by atoms with Crippen molar-refractivity contribution in [3.05, 3.63) is 29.8 Å². The Morgan fingerprint density at radius 1 is 1.41 bits per heavy atom. The van der Waals surface area contributed by atoms with Crippen LogP contribution < -0.4 is 11.1 Å². The second-order valence-corrected chi connectivity index (χ2v) is 4.58. The number of nitrogens with one attached hydrogen (secondary N) is 1. The van der Waals surface area contributed by atoms with Crippen LogP contribution in [0.4, 0.5) is 5.69 Å². The monoisotopic (exact) mass is 249 g/mol. The van der Waals surface area contributed by atoms with Crippen molar-refractivity contribution in [3.8, 4) is 6.07 Å². The number of benzene rings is 1. The summed E-state index contributed by atoms with van der Waals surface area (Å²) in [5, 5.41) is 11.6. The van der Waals surface area contributed by atoms with Crippen molar-refractivity contribution < 1.29 is 4.79 Å². The summed E-state index contributed by atoms with van der Waals surface area (Å²) in [5.74, 6) is 1.54. The van der Waals surface area contributed by atoms with Gasteiger partial charge in [0.05, 0.1) is 11.3 Å². The largest absolute Gasteiger partial charge is 0.330 e. The predicted octanol–water partition coefficient (Wildman–Crippen LogP) is 1.58. The summed E-state index contributed by atoms with van der Waals surface area (Å²) >= 11 is 1.65. The summed E-state index contributed by atoms with van der Waals surface area (Å²) in [6.07, 6.45) is 0.435. The second kappa shape index (κ2) is 7.71. The fraction of sp³-hybridized carbons (Fsp3) is 0.333. The van der Waals surface area contributed by atoms with Gasteiger partial charge < -0.3 is 11.1 Å². The molecule has 0 saturated carbocycles. The van der Waals surface area contributed by atoms with Gasteiger partial charge in [-0.1, -0.05) is 12.1 Å². The Morgan fingerprint density at radius 2 is 2.18 bits per heavy atom. The highest BCUT2D eigenvalue weighted by atomic mass is 32.2. The number of para-hydroxylation sites is 1. The van der Waals surface area contributed by atoms with Gasteiger partial charge in [0.1, 0.15) is 6.07 Å². The molecule has 0 aliphatic heterocycles. The van der Waals surface area contributed by atoms with E-state index in [1.54, 1.807) is 36.0 Å². The van der Waals surface area contributed by atoms with Crippen molar-refractivity contribution in [2.45, 2.75) is 6.42 Å². The molecule has 0 aliphatic rings. The molecule has 0 aliphatic carbocycles. The maximum absolute atomic E-state index is 11.6. The van der Waals surface area contributed by atoms with Gasteiger partial charge in [-0.25, -0.2) is 0 Å².